The number of carbonyl (C=O) groups is 2. The highest BCUT2D eigenvalue weighted by Crippen LogP contribution is 2.45. The molecule has 1 aliphatic heterocycles. The number of anilines is 2. The summed E-state index contributed by atoms with van der Waals surface area (Å²) < 4.78 is 125. The molecule has 4 atom stereocenters. The number of nitrogens with one attached hydrogen (secondary N) is 4. The molecule has 1 saturated heterocycles. The molecule has 78 heavy (non-hydrogen) atoms. The number of piperidine rings is 1. The zero-order valence-corrected chi connectivity index (χ0v) is 47.1. The van der Waals surface area contributed by atoms with E-state index in [1.807, 2.05) is 52.7 Å². The van der Waals surface area contributed by atoms with Crippen LogP contribution in [0.4, 0.5) is 34.6 Å². The number of sulfonamides is 2. The third-order valence-electron chi connectivity index (χ3n) is 15.2. The van der Waals surface area contributed by atoms with E-state index in [9.17, 15) is 36.5 Å². The van der Waals surface area contributed by atoms with Gasteiger partial charge in [-0.2, -0.15) is 0 Å². The predicted octanol–water partition coefficient (Wildman–Crippen LogP) is 9.75. The number of nitro benzene ring substituents is 1. The molecule has 3 saturated carbocycles. The van der Waals surface area contributed by atoms with Crippen LogP contribution in [0.15, 0.2) is 92.4 Å². The maximum atomic E-state index is 15.8. The van der Waals surface area contributed by atoms with Crippen LogP contribution in [0.1, 0.15) is 83.5 Å². The van der Waals surface area contributed by atoms with Crippen LogP contribution in [0, 0.1) is 39.4 Å². The molecule has 0 radical (unpaired) electrons. The van der Waals surface area contributed by atoms with Gasteiger partial charge in [0.25, 0.3) is 37.5 Å². The molecule has 8 rings (SSSR count). The Labute approximate surface area is 462 Å². The molecule has 0 aromatic heterocycles. The normalized spacial score (nSPS) is 19.8. The number of halogens is 4. The number of likely N-dealkylation sites (tertiary alicyclic amines) is 1. The zero-order valence-electron chi connectivity index (χ0n) is 43.8. The minimum Gasteiger partial charge on any atom is -0.377 e. The lowest BCUT2D eigenvalue weighted by Crippen LogP contribution is -2.51. The van der Waals surface area contributed by atoms with Gasteiger partial charge in [-0.1, -0.05) is 43.9 Å². The van der Waals surface area contributed by atoms with Gasteiger partial charge in [0.15, 0.2) is 17.3 Å². The fourth-order valence-electron chi connectivity index (χ4n) is 10.5. The maximum Gasteiger partial charge on any atom is 0.293 e. The number of benzene rings is 4. The van der Waals surface area contributed by atoms with Gasteiger partial charge in [0, 0.05) is 66.2 Å². The molecular weight excluding hydrogens is 1090 g/mol. The number of methoxy groups -OCH3 is 1. The first kappa shape index (κ1) is 59.1. The van der Waals surface area contributed by atoms with Crippen molar-refractivity contribution < 1.29 is 53.6 Å². The Morgan fingerprint density at radius 3 is 2.03 bits per heavy atom. The molecular formula is C54H67F4N7O9S4. The lowest BCUT2D eigenvalue weighted by atomic mass is 9.84. The van der Waals surface area contributed by atoms with Crippen molar-refractivity contribution in [1.82, 2.24) is 19.2 Å². The molecule has 4 aromatic rings. The SMILES string of the molecule is COC1(C(=O)NS(=O)(=O)c2cc(F)c(N[C@H](CCN(C)C)CSc3cc(-c4cccc(SC[C@@H](CCN5CC6CC6C5)Nc5ccc(S(=O)(=O)NC(=O)C6(F)CCCCC6)cc5[N+](=O)[O-])c4)ccc3F)c(F)c2)CCCCC1. The molecule has 1 heterocycles. The van der Waals surface area contributed by atoms with Gasteiger partial charge in [-0.05, 0) is 150 Å². The van der Waals surface area contributed by atoms with E-state index in [-0.39, 0.29) is 35.2 Å². The van der Waals surface area contributed by atoms with Gasteiger partial charge in [0.2, 0.25) is 0 Å². The first-order valence-corrected chi connectivity index (χ1v) is 31.2. The summed E-state index contributed by atoms with van der Waals surface area (Å²) in [6.45, 7) is 3.17. The van der Waals surface area contributed by atoms with E-state index in [4.69, 9.17) is 4.74 Å². The van der Waals surface area contributed by atoms with Gasteiger partial charge in [-0.3, -0.25) is 19.7 Å². The Bertz CT molecular complexity index is 3040. The summed E-state index contributed by atoms with van der Waals surface area (Å²) in [7, 11) is -4.35. The molecule has 0 bridgehead atoms. The monoisotopic (exact) mass is 1160 g/mol. The van der Waals surface area contributed by atoms with E-state index < -0.39 is 92.7 Å². The standard InChI is InChI=1S/C54H67F4N7O9S4/c1-63(2)23-17-40(60-50-45(56)28-43(29-46(50)57)78(72,73)62-52(67)54(74-3)21-8-5-9-22-54)34-76-49-27-36(13-15-44(49)55)35-11-10-12-41(26-35)75-33-39(18-24-64-31-37-25-38(37)32-64)59-47-16-14-42(30-48(47)65(68)69)77(70,71)61-51(66)53(58)19-6-4-7-20-53/h10-16,26-30,37-40,59-60H,4-9,17-25,31-34H2,1-3H3,(H,61,66)(H,62,67)/t37?,38?,39-,40-/m1/s1. The molecule has 0 spiro atoms. The van der Waals surface area contributed by atoms with Crippen LogP contribution in [0.3, 0.4) is 0 Å². The Morgan fingerprint density at radius 1 is 0.756 bits per heavy atom. The van der Waals surface area contributed by atoms with Gasteiger partial charge in [-0.25, -0.2) is 43.8 Å². The smallest absolute Gasteiger partial charge is 0.293 e. The van der Waals surface area contributed by atoms with Gasteiger partial charge in [0.05, 0.1) is 14.7 Å². The topological polar surface area (TPSA) is 209 Å². The molecule has 2 unspecified atom stereocenters. The number of thioether (sulfide) groups is 2. The molecule has 4 aromatic carbocycles. The zero-order chi connectivity index (χ0) is 56.0. The average Bonchev–Trinajstić information content (AvgIpc) is 4.06. The lowest BCUT2D eigenvalue weighted by Gasteiger charge is -2.34. The lowest BCUT2D eigenvalue weighted by molar-refractivity contribution is -0.384. The number of hydrogen-bond acceptors (Lipinski definition) is 15. The average molecular weight is 1160 g/mol. The Kier molecular flexibility index (Phi) is 19.1. The van der Waals surface area contributed by atoms with Crippen molar-refractivity contribution in [3.05, 3.63) is 100 Å². The van der Waals surface area contributed by atoms with Crippen LogP contribution in [-0.2, 0) is 34.4 Å². The van der Waals surface area contributed by atoms with Crippen molar-refractivity contribution in [1.29, 1.82) is 0 Å². The second-order valence-electron chi connectivity index (χ2n) is 21.2. The van der Waals surface area contributed by atoms with Gasteiger partial charge in [-0.15, -0.1) is 23.5 Å². The van der Waals surface area contributed by atoms with Crippen LogP contribution >= 0.6 is 23.5 Å². The maximum absolute atomic E-state index is 15.8. The number of amides is 2. The van der Waals surface area contributed by atoms with E-state index >= 15 is 17.6 Å². The first-order valence-electron chi connectivity index (χ1n) is 26.3. The fraction of sp³-hybridized carbons (Fsp3) is 0.519. The van der Waals surface area contributed by atoms with E-state index in [0.717, 1.165) is 66.8 Å². The molecule has 2 amide bonds. The second kappa shape index (κ2) is 25.2. The summed E-state index contributed by atoms with van der Waals surface area (Å²) in [6.07, 6.45) is 6.35. The number of fused-ring (bicyclic) bond motifs is 1. The number of nitro groups is 1. The Morgan fingerprint density at radius 2 is 1.37 bits per heavy atom. The summed E-state index contributed by atoms with van der Waals surface area (Å²) in [6, 6.07) is 15.9. The molecule has 4 N–H and O–H groups in total. The minimum atomic E-state index is -4.69. The van der Waals surface area contributed by atoms with Crippen LogP contribution in [0.2, 0.25) is 0 Å². The third-order valence-corrected chi connectivity index (χ3v) is 20.2. The first-order chi connectivity index (χ1) is 37.1. The van der Waals surface area contributed by atoms with Crippen molar-refractivity contribution in [3.8, 4) is 11.1 Å². The summed E-state index contributed by atoms with van der Waals surface area (Å²) in [4.78, 5) is 41.8. The number of ether oxygens (including phenoxy) is 1. The van der Waals surface area contributed by atoms with Crippen molar-refractivity contribution in [2.75, 3.05) is 69.5 Å². The van der Waals surface area contributed by atoms with Crippen LogP contribution < -0.4 is 20.1 Å². The van der Waals surface area contributed by atoms with Crippen LogP contribution in [-0.4, -0.2) is 126 Å². The van der Waals surface area contributed by atoms with Crippen molar-refractivity contribution in [3.63, 3.8) is 0 Å². The summed E-state index contributed by atoms with van der Waals surface area (Å²) >= 11 is 2.63. The molecule has 424 valence electrons. The van der Waals surface area contributed by atoms with E-state index in [2.05, 4.69) is 15.5 Å². The molecule has 4 fully saturated rings. The molecule has 16 nitrogen and oxygen atoms in total. The Hall–Kier alpha value is -4.98. The number of carbonyl (C=O) groups excluding carboxylic acids is 2. The van der Waals surface area contributed by atoms with E-state index in [1.54, 1.807) is 12.1 Å². The molecule has 24 heteroatoms. The van der Waals surface area contributed by atoms with Gasteiger partial charge < -0.3 is 25.2 Å². The summed E-state index contributed by atoms with van der Waals surface area (Å²) in [5, 5.41) is 18.7. The summed E-state index contributed by atoms with van der Waals surface area (Å²) in [5.74, 6) is -3.12. The van der Waals surface area contributed by atoms with Crippen molar-refractivity contribution >= 4 is 72.4 Å². The summed E-state index contributed by atoms with van der Waals surface area (Å²) in [5.41, 5.74) is -3.28. The van der Waals surface area contributed by atoms with Gasteiger partial charge >= 0.3 is 0 Å². The molecule has 3 aliphatic carbocycles. The third kappa shape index (κ3) is 14.7. The van der Waals surface area contributed by atoms with Gasteiger partial charge in [0.1, 0.15) is 22.8 Å². The highest BCUT2D eigenvalue weighted by molar-refractivity contribution is 7.99. The highest BCUT2D eigenvalue weighted by atomic mass is 32.2. The minimum absolute atomic E-state index is 0.0787. The number of alkyl halides is 1. The second-order valence-corrected chi connectivity index (χ2v) is 26.7. The number of hydrogen-bond donors (Lipinski definition) is 4. The number of nitrogens with zero attached hydrogens (tertiary/aromatic N) is 3. The fourth-order valence-corrected chi connectivity index (χ4v) is 14.7. The van der Waals surface area contributed by atoms with Crippen LogP contribution in [0.5, 0.6) is 0 Å². The predicted molar refractivity (Wildman–Crippen MR) is 294 cm³/mol. The van der Waals surface area contributed by atoms with Crippen molar-refractivity contribution in [2.24, 2.45) is 11.8 Å². The highest BCUT2D eigenvalue weighted by Gasteiger charge is 2.45. The molecule has 4 aliphatic rings. The van der Waals surface area contributed by atoms with E-state index in [1.165, 1.54) is 37.4 Å². The van der Waals surface area contributed by atoms with Crippen LogP contribution in [0.25, 0.3) is 11.1 Å². The largest absolute Gasteiger partial charge is 0.377 e. The van der Waals surface area contributed by atoms with E-state index in [0.29, 0.717) is 93.2 Å². The van der Waals surface area contributed by atoms with Crippen molar-refractivity contribution in [2.45, 2.75) is 126 Å². The number of rotatable bonds is 25. The Balaban J connectivity index is 0.943. The quantitative estimate of drug-likeness (QED) is 0.0211.